The summed E-state index contributed by atoms with van der Waals surface area (Å²) in [7, 11) is 0. The van der Waals surface area contributed by atoms with E-state index in [2.05, 4.69) is 5.16 Å². The van der Waals surface area contributed by atoms with Gasteiger partial charge >= 0.3 is 5.97 Å². The Kier molecular flexibility index (Phi) is 4.34. The van der Waals surface area contributed by atoms with Crippen molar-refractivity contribution in [3.8, 4) is 10.6 Å². The molecule has 2 heterocycles. The van der Waals surface area contributed by atoms with E-state index in [1.54, 1.807) is 17.4 Å². The maximum Gasteiger partial charge on any atom is 0.310 e. The van der Waals surface area contributed by atoms with Gasteiger partial charge in [0.25, 0.3) is 0 Å². The van der Waals surface area contributed by atoms with Gasteiger partial charge in [0.2, 0.25) is 0 Å². The fraction of sp³-hybridized carbons (Fsp3) is 0.176. The molecule has 0 amide bonds. The number of esters is 1. The van der Waals surface area contributed by atoms with E-state index in [9.17, 15) is 4.79 Å². The SMILES string of the molecule is Cc1cccc(CC(=O)OCc2cc(-c3cccs3)on2)c1. The molecule has 5 heteroatoms. The molecule has 0 fully saturated rings. The summed E-state index contributed by atoms with van der Waals surface area (Å²) in [5.41, 5.74) is 2.69. The average Bonchev–Trinajstić information content (AvgIpc) is 3.16. The molecule has 112 valence electrons. The van der Waals surface area contributed by atoms with Crippen LogP contribution in [0.1, 0.15) is 16.8 Å². The Morgan fingerprint density at radius 2 is 2.18 bits per heavy atom. The van der Waals surface area contributed by atoms with Gasteiger partial charge in [0.05, 0.1) is 11.3 Å². The molecule has 0 aliphatic heterocycles. The number of aryl methyl sites for hydroxylation is 1. The third kappa shape index (κ3) is 3.62. The highest BCUT2D eigenvalue weighted by Crippen LogP contribution is 2.25. The molecule has 4 nitrogen and oxygen atoms in total. The van der Waals surface area contributed by atoms with Crippen molar-refractivity contribution < 1.29 is 14.1 Å². The van der Waals surface area contributed by atoms with Crippen molar-refractivity contribution in [1.29, 1.82) is 0 Å². The molecule has 0 aliphatic carbocycles. The van der Waals surface area contributed by atoms with Crippen LogP contribution in [0.5, 0.6) is 0 Å². The van der Waals surface area contributed by atoms with Crippen LogP contribution in [0.25, 0.3) is 10.6 Å². The summed E-state index contributed by atoms with van der Waals surface area (Å²) in [6.07, 6.45) is 0.261. The van der Waals surface area contributed by atoms with E-state index < -0.39 is 0 Å². The van der Waals surface area contributed by atoms with Crippen LogP contribution in [0.2, 0.25) is 0 Å². The minimum Gasteiger partial charge on any atom is -0.459 e. The average molecular weight is 313 g/mol. The first-order valence-corrected chi connectivity index (χ1v) is 7.79. The zero-order valence-corrected chi connectivity index (χ0v) is 12.9. The minimum absolute atomic E-state index is 0.125. The van der Waals surface area contributed by atoms with Crippen LogP contribution in [-0.4, -0.2) is 11.1 Å². The van der Waals surface area contributed by atoms with E-state index in [1.807, 2.05) is 48.7 Å². The molecule has 0 aliphatic rings. The predicted octanol–water partition coefficient (Wildman–Crippen LogP) is 4.00. The first-order chi connectivity index (χ1) is 10.7. The van der Waals surface area contributed by atoms with E-state index in [4.69, 9.17) is 9.26 Å². The van der Waals surface area contributed by atoms with E-state index in [1.165, 1.54) is 0 Å². The van der Waals surface area contributed by atoms with Crippen molar-refractivity contribution in [2.24, 2.45) is 0 Å². The van der Waals surface area contributed by atoms with Crippen LogP contribution in [0.4, 0.5) is 0 Å². The Morgan fingerprint density at radius 1 is 1.27 bits per heavy atom. The Bertz CT molecular complexity index is 762. The first-order valence-electron chi connectivity index (χ1n) is 6.91. The van der Waals surface area contributed by atoms with Gasteiger partial charge in [-0.3, -0.25) is 4.79 Å². The second kappa shape index (κ2) is 6.58. The number of benzene rings is 1. The molecule has 3 aromatic rings. The predicted molar refractivity (Wildman–Crippen MR) is 84.5 cm³/mol. The Morgan fingerprint density at radius 3 is 2.95 bits per heavy atom. The second-order valence-electron chi connectivity index (χ2n) is 4.99. The molecule has 2 aromatic heterocycles. The monoisotopic (exact) mass is 313 g/mol. The van der Waals surface area contributed by atoms with Gasteiger partial charge in [-0.05, 0) is 23.9 Å². The summed E-state index contributed by atoms with van der Waals surface area (Å²) < 4.78 is 10.5. The summed E-state index contributed by atoms with van der Waals surface area (Å²) in [6, 6.07) is 13.5. The van der Waals surface area contributed by atoms with Crippen molar-refractivity contribution in [1.82, 2.24) is 5.16 Å². The standard InChI is InChI=1S/C17H15NO3S/c1-12-4-2-5-13(8-12)9-17(19)20-11-14-10-15(21-18-14)16-6-3-7-22-16/h2-8,10H,9,11H2,1H3. The highest BCUT2D eigenvalue weighted by Gasteiger charge is 2.10. The number of nitrogens with zero attached hydrogens (tertiary/aromatic N) is 1. The van der Waals surface area contributed by atoms with Crippen LogP contribution >= 0.6 is 11.3 Å². The normalized spacial score (nSPS) is 10.6. The van der Waals surface area contributed by atoms with Crippen molar-refractivity contribution >= 4 is 17.3 Å². The van der Waals surface area contributed by atoms with Crippen LogP contribution in [0.3, 0.4) is 0 Å². The maximum absolute atomic E-state index is 11.9. The van der Waals surface area contributed by atoms with Gasteiger partial charge in [-0.25, -0.2) is 0 Å². The Hall–Kier alpha value is -2.40. The van der Waals surface area contributed by atoms with Gasteiger partial charge in [-0.15, -0.1) is 11.3 Å². The highest BCUT2D eigenvalue weighted by atomic mass is 32.1. The molecular weight excluding hydrogens is 298 g/mol. The fourth-order valence-electron chi connectivity index (χ4n) is 2.11. The fourth-order valence-corrected chi connectivity index (χ4v) is 2.78. The largest absolute Gasteiger partial charge is 0.459 e. The van der Waals surface area contributed by atoms with Crippen molar-refractivity contribution in [2.45, 2.75) is 20.0 Å². The van der Waals surface area contributed by atoms with Gasteiger partial charge in [-0.2, -0.15) is 0 Å². The van der Waals surface area contributed by atoms with Crippen molar-refractivity contribution in [3.05, 3.63) is 64.7 Å². The third-order valence-electron chi connectivity index (χ3n) is 3.13. The molecule has 0 unspecified atom stereocenters. The van der Waals surface area contributed by atoms with Gasteiger partial charge in [0, 0.05) is 6.07 Å². The number of hydrogen-bond acceptors (Lipinski definition) is 5. The molecule has 0 N–H and O–H groups in total. The van der Waals surface area contributed by atoms with E-state index in [-0.39, 0.29) is 19.0 Å². The topological polar surface area (TPSA) is 52.3 Å². The lowest BCUT2D eigenvalue weighted by Crippen LogP contribution is -2.08. The lowest BCUT2D eigenvalue weighted by molar-refractivity contribution is -0.144. The van der Waals surface area contributed by atoms with Gasteiger partial charge in [-0.1, -0.05) is 41.1 Å². The zero-order valence-electron chi connectivity index (χ0n) is 12.1. The Labute approximate surface area is 132 Å². The number of hydrogen-bond donors (Lipinski definition) is 0. The molecule has 0 saturated carbocycles. The molecule has 22 heavy (non-hydrogen) atoms. The van der Waals surface area contributed by atoms with Gasteiger partial charge < -0.3 is 9.26 Å². The minimum atomic E-state index is -0.272. The van der Waals surface area contributed by atoms with E-state index >= 15 is 0 Å². The molecule has 0 spiro atoms. The molecule has 0 saturated heterocycles. The third-order valence-corrected chi connectivity index (χ3v) is 4.02. The number of carbonyl (C=O) groups is 1. The van der Waals surface area contributed by atoms with E-state index in [0.717, 1.165) is 16.0 Å². The zero-order chi connectivity index (χ0) is 15.4. The highest BCUT2D eigenvalue weighted by molar-refractivity contribution is 7.13. The number of carbonyl (C=O) groups excluding carboxylic acids is 1. The molecule has 0 bridgehead atoms. The van der Waals surface area contributed by atoms with E-state index in [0.29, 0.717) is 11.5 Å². The van der Waals surface area contributed by atoms with Crippen LogP contribution in [0.15, 0.2) is 52.4 Å². The first kappa shape index (κ1) is 14.5. The number of rotatable bonds is 5. The second-order valence-corrected chi connectivity index (χ2v) is 5.93. The number of thiophene rings is 1. The molecule has 1 aromatic carbocycles. The summed E-state index contributed by atoms with van der Waals surface area (Å²) in [5.74, 6) is 0.422. The summed E-state index contributed by atoms with van der Waals surface area (Å²) >= 11 is 1.58. The van der Waals surface area contributed by atoms with Gasteiger partial charge in [0.1, 0.15) is 12.3 Å². The van der Waals surface area contributed by atoms with Gasteiger partial charge in [0.15, 0.2) is 5.76 Å². The molecule has 3 rings (SSSR count). The summed E-state index contributed by atoms with van der Waals surface area (Å²) in [5, 5.41) is 5.89. The van der Waals surface area contributed by atoms with Crippen LogP contribution < -0.4 is 0 Å². The van der Waals surface area contributed by atoms with Crippen LogP contribution in [0, 0.1) is 6.92 Å². The summed E-state index contributed by atoms with van der Waals surface area (Å²) in [6.45, 7) is 2.12. The van der Waals surface area contributed by atoms with Crippen molar-refractivity contribution in [3.63, 3.8) is 0 Å². The van der Waals surface area contributed by atoms with Crippen molar-refractivity contribution in [2.75, 3.05) is 0 Å². The molecule has 0 radical (unpaired) electrons. The lowest BCUT2D eigenvalue weighted by atomic mass is 10.1. The number of ether oxygens (including phenoxy) is 1. The number of aromatic nitrogens is 1. The smallest absolute Gasteiger partial charge is 0.310 e. The Balaban J connectivity index is 1.55. The quantitative estimate of drug-likeness (QED) is 0.668. The molecule has 0 atom stereocenters. The molecular formula is C17H15NO3S. The lowest BCUT2D eigenvalue weighted by Gasteiger charge is -2.03. The van der Waals surface area contributed by atoms with Crippen LogP contribution in [-0.2, 0) is 22.6 Å². The summed E-state index contributed by atoms with van der Waals surface area (Å²) in [4.78, 5) is 12.9. The maximum atomic E-state index is 11.9.